The zero-order chi connectivity index (χ0) is 15.6. The number of nitro benzene ring substituents is 1. The fourth-order valence-electron chi connectivity index (χ4n) is 1.66. The van der Waals surface area contributed by atoms with Crippen LogP contribution in [-0.4, -0.2) is 16.0 Å². The van der Waals surface area contributed by atoms with Crippen LogP contribution in [-0.2, 0) is 0 Å². The average molecular weight is 355 g/mol. The maximum Gasteiger partial charge on any atom is 0.335 e. The predicted molar refractivity (Wildman–Crippen MR) is 77.4 cm³/mol. The van der Waals surface area contributed by atoms with Gasteiger partial charge in [0.1, 0.15) is 11.5 Å². The van der Waals surface area contributed by atoms with Crippen molar-refractivity contribution in [3.63, 3.8) is 0 Å². The number of carbonyl (C=O) groups is 1. The first-order chi connectivity index (χ1) is 9.88. The molecule has 0 aromatic heterocycles. The molecule has 0 saturated carbocycles. The number of carboxylic acid groups (broad SMARTS) is 1. The van der Waals surface area contributed by atoms with Gasteiger partial charge in [0.25, 0.3) is 5.69 Å². The van der Waals surface area contributed by atoms with Crippen molar-refractivity contribution in [3.8, 4) is 0 Å². The van der Waals surface area contributed by atoms with Crippen LogP contribution in [0.15, 0.2) is 40.9 Å². The van der Waals surface area contributed by atoms with E-state index in [2.05, 4.69) is 21.2 Å². The standard InChI is InChI=1S/C13H8BrFN2O4/c14-8-2-4-12(17(20)21)11(6-8)16-10-3-1-7(13(18)19)5-9(10)15/h1-6,16H,(H,18,19). The van der Waals surface area contributed by atoms with Crippen LogP contribution >= 0.6 is 15.9 Å². The quantitative estimate of drug-likeness (QED) is 0.640. The van der Waals surface area contributed by atoms with Crippen LogP contribution in [0, 0.1) is 15.9 Å². The van der Waals surface area contributed by atoms with Crippen LogP contribution < -0.4 is 5.32 Å². The van der Waals surface area contributed by atoms with Gasteiger partial charge in [0.05, 0.1) is 16.2 Å². The molecule has 0 aliphatic rings. The molecule has 21 heavy (non-hydrogen) atoms. The summed E-state index contributed by atoms with van der Waals surface area (Å²) in [6.45, 7) is 0. The van der Waals surface area contributed by atoms with Gasteiger partial charge in [0, 0.05) is 10.5 Å². The maximum absolute atomic E-state index is 13.8. The van der Waals surface area contributed by atoms with Gasteiger partial charge in [0.2, 0.25) is 0 Å². The Morgan fingerprint density at radius 2 is 1.95 bits per heavy atom. The number of benzene rings is 2. The normalized spacial score (nSPS) is 10.2. The molecule has 0 atom stereocenters. The largest absolute Gasteiger partial charge is 0.478 e. The Morgan fingerprint density at radius 3 is 2.52 bits per heavy atom. The minimum Gasteiger partial charge on any atom is -0.478 e. The fraction of sp³-hybridized carbons (Fsp3) is 0. The van der Waals surface area contributed by atoms with E-state index in [1.165, 1.54) is 30.3 Å². The number of aromatic carboxylic acids is 1. The maximum atomic E-state index is 13.8. The Bertz CT molecular complexity index is 736. The molecule has 0 spiro atoms. The minimum atomic E-state index is -1.26. The molecule has 2 N–H and O–H groups in total. The van der Waals surface area contributed by atoms with Gasteiger partial charge >= 0.3 is 5.97 Å². The van der Waals surface area contributed by atoms with E-state index in [4.69, 9.17) is 5.11 Å². The van der Waals surface area contributed by atoms with Crippen LogP contribution in [0.5, 0.6) is 0 Å². The van der Waals surface area contributed by atoms with E-state index in [1.54, 1.807) is 0 Å². The molecule has 6 nitrogen and oxygen atoms in total. The van der Waals surface area contributed by atoms with E-state index >= 15 is 0 Å². The molecule has 0 aliphatic heterocycles. The molecule has 0 saturated heterocycles. The van der Waals surface area contributed by atoms with Crippen LogP contribution in [0.3, 0.4) is 0 Å². The van der Waals surface area contributed by atoms with Gasteiger partial charge in [0.15, 0.2) is 0 Å². The van der Waals surface area contributed by atoms with E-state index in [0.29, 0.717) is 4.47 Å². The predicted octanol–water partition coefficient (Wildman–Crippen LogP) is 3.94. The Hall–Kier alpha value is -2.48. The summed E-state index contributed by atoms with van der Waals surface area (Å²) in [4.78, 5) is 21.1. The molecule has 2 rings (SSSR count). The van der Waals surface area contributed by atoms with Crippen molar-refractivity contribution in [2.45, 2.75) is 0 Å². The van der Waals surface area contributed by atoms with Crippen LogP contribution in [0.4, 0.5) is 21.5 Å². The van der Waals surface area contributed by atoms with E-state index in [1.807, 2.05) is 0 Å². The molecule has 0 radical (unpaired) electrons. The molecule has 108 valence electrons. The summed E-state index contributed by atoms with van der Waals surface area (Å²) >= 11 is 3.17. The van der Waals surface area contributed by atoms with E-state index < -0.39 is 16.7 Å². The fourth-order valence-corrected chi connectivity index (χ4v) is 2.02. The third-order valence-corrected chi connectivity index (χ3v) is 3.13. The van der Waals surface area contributed by atoms with Gasteiger partial charge in [-0.15, -0.1) is 0 Å². The van der Waals surface area contributed by atoms with Gasteiger partial charge in [-0.25, -0.2) is 9.18 Å². The number of halogens is 2. The van der Waals surface area contributed by atoms with E-state index in [0.717, 1.165) is 6.07 Å². The summed E-state index contributed by atoms with van der Waals surface area (Å²) in [6.07, 6.45) is 0. The molecular weight excluding hydrogens is 347 g/mol. The van der Waals surface area contributed by atoms with Crippen molar-refractivity contribution in [1.29, 1.82) is 0 Å². The molecule has 0 fully saturated rings. The summed E-state index contributed by atoms with van der Waals surface area (Å²) in [5.41, 5.74) is -0.390. The van der Waals surface area contributed by atoms with Crippen molar-refractivity contribution in [2.24, 2.45) is 0 Å². The lowest BCUT2D eigenvalue weighted by Crippen LogP contribution is -2.01. The Kier molecular flexibility index (Phi) is 4.18. The summed E-state index contributed by atoms with van der Waals surface area (Å²) in [5.74, 6) is -2.07. The Morgan fingerprint density at radius 1 is 1.24 bits per heavy atom. The van der Waals surface area contributed by atoms with Crippen LogP contribution in [0.2, 0.25) is 0 Å². The second kappa shape index (κ2) is 5.88. The number of nitro groups is 1. The average Bonchev–Trinajstić information content (AvgIpc) is 2.40. The molecular formula is C13H8BrFN2O4. The number of hydrogen-bond donors (Lipinski definition) is 2. The SMILES string of the molecule is O=C(O)c1ccc(Nc2cc(Br)ccc2[N+](=O)[O-])c(F)c1. The van der Waals surface area contributed by atoms with E-state index in [-0.39, 0.29) is 22.6 Å². The van der Waals surface area contributed by atoms with Crippen molar-refractivity contribution in [1.82, 2.24) is 0 Å². The van der Waals surface area contributed by atoms with Gasteiger partial charge in [-0.1, -0.05) is 15.9 Å². The molecule has 0 amide bonds. The highest BCUT2D eigenvalue weighted by Crippen LogP contribution is 2.31. The number of rotatable bonds is 4. The molecule has 0 aliphatic carbocycles. The Labute approximate surface area is 126 Å². The van der Waals surface area contributed by atoms with Crippen molar-refractivity contribution < 1.29 is 19.2 Å². The first-order valence-corrected chi connectivity index (χ1v) is 6.41. The second-order valence-electron chi connectivity index (χ2n) is 4.04. The minimum absolute atomic E-state index is 0.0544. The molecule has 0 unspecified atom stereocenters. The van der Waals surface area contributed by atoms with Crippen molar-refractivity contribution >= 4 is 39.0 Å². The summed E-state index contributed by atoms with van der Waals surface area (Å²) < 4.78 is 14.4. The van der Waals surface area contributed by atoms with Gasteiger partial charge in [-0.3, -0.25) is 10.1 Å². The van der Waals surface area contributed by atoms with Gasteiger partial charge in [-0.2, -0.15) is 0 Å². The second-order valence-corrected chi connectivity index (χ2v) is 4.96. The zero-order valence-corrected chi connectivity index (χ0v) is 11.9. The van der Waals surface area contributed by atoms with Gasteiger partial charge in [-0.05, 0) is 30.3 Å². The molecule has 2 aromatic carbocycles. The van der Waals surface area contributed by atoms with Crippen LogP contribution in [0.25, 0.3) is 0 Å². The summed E-state index contributed by atoms with van der Waals surface area (Å²) in [7, 11) is 0. The first kappa shape index (κ1) is 14.9. The molecule has 8 heteroatoms. The number of nitrogens with zero attached hydrogens (tertiary/aromatic N) is 1. The molecule has 0 heterocycles. The van der Waals surface area contributed by atoms with Gasteiger partial charge < -0.3 is 10.4 Å². The Balaban J connectivity index is 2.40. The molecule has 0 bridgehead atoms. The smallest absolute Gasteiger partial charge is 0.335 e. The zero-order valence-electron chi connectivity index (χ0n) is 10.3. The topological polar surface area (TPSA) is 92.5 Å². The van der Waals surface area contributed by atoms with Crippen molar-refractivity contribution in [2.75, 3.05) is 5.32 Å². The van der Waals surface area contributed by atoms with Crippen LogP contribution in [0.1, 0.15) is 10.4 Å². The molecule has 2 aromatic rings. The van der Waals surface area contributed by atoms with E-state index in [9.17, 15) is 19.3 Å². The lowest BCUT2D eigenvalue weighted by Gasteiger charge is -2.09. The lowest BCUT2D eigenvalue weighted by atomic mass is 10.2. The third kappa shape index (κ3) is 3.34. The highest BCUT2D eigenvalue weighted by atomic mass is 79.9. The lowest BCUT2D eigenvalue weighted by molar-refractivity contribution is -0.383. The summed E-state index contributed by atoms with van der Waals surface area (Å²) in [6, 6.07) is 7.46. The highest BCUT2D eigenvalue weighted by Gasteiger charge is 2.16. The third-order valence-electron chi connectivity index (χ3n) is 2.64. The number of hydrogen-bond acceptors (Lipinski definition) is 4. The highest BCUT2D eigenvalue weighted by molar-refractivity contribution is 9.10. The monoisotopic (exact) mass is 354 g/mol. The first-order valence-electron chi connectivity index (χ1n) is 5.62. The number of nitrogens with one attached hydrogen (secondary N) is 1. The van der Waals surface area contributed by atoms with Crippen molar-refractivity contribution in [3.05, 3.63) is 62.4 Å². The number of carboxylic acids is 1. The number of anilines is 2. The summed E-state index contributed by atoms with van der Waals surface area (Å²) in [5, 5.41) is 22.3.